The fraction of sp³-hybridized carbons (Fsp3) is 1.00. The van der Waals surface area contributed by atoms with Crippen LogP contribution in [0.1, 0.15) is 75.2 Å². The van der Waals surface area contributed by atoms with E-state index in [9.17, 15) is 0 Å². The van der Waals surface area contributed by atoms with Crippen molar-refractivity contribution >= 4 is 104 Å². The summed E-state index contributed by atoms with van der Waals surface area (Å²) in [6.45, 7) is 16.2. The highest BCUT2D eigenvalue weighted by molar-refractivity contribution is 8.77. The number of thioether (sulfide) groups is 7. The van der Waals surface area contributed by atoms with E-state index in [0.29, 0.717) is 8.16 Å². The normalized spacial score (nSPS) is 24.4. The fourth-order valence-corrected chi connectivity index (χ4v) is 16.2. The summed E-state index contributed by atoms with van der Waals surface area (Å²) in [6, 6.07) is 0. The molecule has 0 aromatic rings. The molecule has 4 rings (SSSR count). The second kappa shape index (κ2) is 21.0. The van der Waals surface area contributed by atoms with Crippen molar-refractivity contribution in [3.05, 3.63) is 0 Å². The molecular weight excluding hydrogens is 577 g/mol. The van der Waals surface area contributed by atoms with E-state index in [4.69, 9.17) is 0 Å². The smallest absolute Gasteiger partial charge is 0.0581 e. The summed E-state index contributed by atoms with van der Waals surface area (Å²) in [7, 11) is 4.00. The lowest BCUT2D eigenvalue weighted by Gasteiger charge is -2.30. The molecule has 0 amide bonds. The van der Waals surface area contributed by atoms with E-state index in [1.54, 1.807) is 0 Å². The Balaban J connectivity index is 0.000000414. The van der Waals surface area contributed by atoms with E-state index in [-0.39, 0.29) is 7.43 Å². The maximum atomic E-state index is 2.36. The second-order valence-corrected chi connectivity index (χ2v) is 22.5. The van der Waals surface area contributed by atoms with Gasteiger partial charge in [0.15, 0.2) is 0 Å². The summed E-state index contributed by atoms with van der Waals surface area (Å²) in [5.74, 6) is 10.0. The summed E-state index contributed by atoms with van der Waals surface area (Å²) in [5, 5.41) is 2.60. The Morgan fingerprint density at radius 3 is 1.45 bits per heavy atom. The fourth-order valence-electron chi connectivity index (χ4n) is 2.72. The molecule has 200 valence electrons. The first-order valence-electron chi connectivity index (χ1n) is 11.8. The molecule has 0 N–H and O–H groups in total. The quantitative estimate of drug-likeness (QED) is 0.278. The van der Waals surface area contributed by atoms with Crippen LogP contribution < -0.4 is 0 Å². The molecule has 0 aromatic heterocycles. The van der Waals surface area contributed by atoms with Crippen LogP contribution in [0.5, 0.6) is 0 Å². The second-order valence-electron chi connectivity index (χ2n) is 8.78. The molecule has 9 heteroatoms. The zero-order chi connectivity index (χ0) is 23.9. The molecule has 4 aliphatic heterocycles. The van der Waals surface area contributed by atoms with Gasteiger partial charge in [0, 0.05) is 33.2 Å². The third kappa shape index (κ3) is 17.4. The molecule has 0 atom stereocenters. The Labute approximate surface area is 246 Å². The predicted octanol–water partition coefficient (Wildman–Crippen LogP) is 11.3. The van der Waals surface area contributed by atoms with E-state index >= 15 is 0 Å². The Hall–Kier alpha value is 3.15. The van der Waals surface area contributed by atoms with Gasteiger partial charge >= 0.3 is 0 Å². The van der Waals surface area contributed by atoms with E-state index in [0.717, 1.165) is 16.4 Å². The van der Waals surface area contributed by atoms with Gasteiger partial charge in [-0.15, -0.1) is 82.3 Å². The highest BCUT2D eigenvalue weighted by Gasteiger charge is 2.27. The Bertz CT molecular complexity index is 437. The predicted molar refractivity (Wildman–Crippen MR) is 184 cm³/mol. The van der Waals surface area contributed by atoms with Gasteiger partial charge in [-0.3, -0.25) is 0 Å². The van der Waals surface area contributed by atoms with Crippen molar-refractivity contribution in [2.24, 2.45) is 11.8 Å². The van der Waals surface area contributed by atoms with Gasteiger partial charge in [0.05, 0.1) is 12.7 Å². The Morgan fingerprint density at radius 1 is 0.758 bits per heavy atom. The van der Waals surface area contributed by atoms with Gasteiger partial charge in [0.2, 0.25) is 0 Å². The van der Waals surface area contributed by atoms with Crippen molar-refractivity contribution in [3.8, 4) is 0 Å². The van der Waals surface area contributed by atoms with Crippen LogP contribution in [-0.4, -0.2) is 57.4 Å². The minimum atomic E-state index is 0. The van der Waals surface area contributed by atoms with Crippen LogP contribution >= 0.6 is 104 Å². The molecule has 0 saturated carbocycles. The summed E-state index contributed by atoms with van der Waals surface area (Å²) >= 11 is 14.7. The molecule has 4 fully saturated rings. The average Bonchev–Trinajstić information content (AvgIpc) is 3.48. The largest absolute Gasteiger partial charge is 0.144 e. The Kier molecular flexibility index (Phi) is 23.0. The summed E-state index contributed by atoms with van der Waals surface area (Å²) in [5.41, 5.74) is 0. The number of rotatable bonds is 3. The third-order valence-corrected chi connectivity index (χ3v) is 20.2. The minimum absolute atomic E-state index is 0. The van der Waals surface area contributed by atoms with Crippen molar-refractivity contribution in [2.45, 2.75) is 87.9 Å². The van der Waals surface area contributed by atoms with Crippen LogP contribution in [0.15, 0.2) is 0 Å². The SMILES string of the molecule is C.CC(C)C1SCSCS1.CC1CSSC1.CCC1(C)SCCCS1.CCC1(C)SCCS1. The minimum Gasteiger partial charge on any atom is -0.144 e. The van der Waals surface area contributed by atoms with Crippen molar-refractivity contribution in [1.29, 1.82) is 0 Å². The van der Waals surface area contributed by atoms with Gasteiger partial charge in [0.25, 0.3) is 0 Å². The van der Waals surface area contributed by atoms with Gasteiger partial charge < -0.3 is 0 Å². The molecule has 0 aliphatic carbocycles. The molecule has 0 spiro atoms. The van der Waals surface area contributed by atoms with Crippen LogP contribution in [0.2, 0.25) is 0 Å². The van der Waals surface area contributed by atoms with Gasteiger partial charge in [-0.2, -0.15) is 0 Å². The maximum Gasteiger partial charge on any atom is 0.0581 e. The highest BCUT2D eigenvalue weighted by atomic mass is 33.1. The van der Waals surface area contributed by atoms with Gasteiger partial charge in [-0.05, 0) is 56.5 Å². The maximum absolute atomic E-state index is 2.36. The number of hydrogen-bond donors (Lipinski definition) is 0. The highest BCUT2D eigenvalue weighted by Crippen LogP contribution is 2.45. The molecule has 0 radical (unpaired) electrons. The molecule has 4 saturated heterocycles. The van der Waals surface area contributed by atoms with Crippen LogP contribution in [0.4, 0.5) is 0 Å². The standard InChI is InChI=1S/C7H14S2.C6H12S3.C6H12S2.C4H8S2.CH4/c1-3-7(2)8-5-4-6-9-7;1-5(2)6-8-3-7-4-9-6;1-3-6(2)7-4-5-8-6;1-4-2-5-6-3-4;/h3-6H2,1-2H3;5-6H,3-4H2,1-2H3;3-5H2,1-2H3;4H,2-3H2,1H3;1H4. The van der Waals surface area contributed by atoms with Gasteiger partial charge in [-0.1, -0.05) is 63.6 Å². The molecule has 0 unspecified atom stereocenters. The van der Waals surface area contributed by atoms with Gasteiger partial charge in [-0.25, -0.2) is 0 Å². The molecule has 0 nitrogen and oxygen atoms in total. The van der Waals surface area contributed by atoms with Crippen molar-refractivity contribution in [3.63, 3.8) is 0 Å². The molecule has 33 heavy (non-hydrogen) atoms. The Morgan fingerprint density at radius 2 is 1.18 bits per heavy atom. The summed E-state index contributed by atoms with van der Waals surface area (Å²) < 4.78 is 1.99. The first-order chi connectivity index (χ1) is 15.2. The van der Waals surface area contributed by atoms with Gasteiger partial charge in [0.1, 0.15) is 0 Å². The van der Waals surface area contributed by atoms with Crippen LogP contribution in [-0.2, 0) is 0 Å². The van der Waals surface area contributed by atoms with Crippen LogP contribution in [0, 0.1) is 11.8 Å². The molecule has 4 heterocycles. The first-order valence-corrected chi connectivity index (χ1v) is 21.5. The molecule has 0 bridgehead atoms. The third-order valence-electron chi connectivity index (χ3n) is 5.25. The lowest BCUT2D eigenvalue weighted by Crippen LogP contribution is -2.19. The monoisotopic (exact) mass is 626 g/mol. The van der Waals surface area contributed by atoms with E-state index < -0.39 is 0 Å². The molecular formula is C24H50S9. The summed E-state index contributed by atoms with van der Waals surface area (Å²) in [4.78, 5) is 0. The summed E-state index contributed by atoms with van der Waals surface area (Å²) in [6.07, 6.45) is 4.02. The lowest BCUT2D eigenvalue weighted by molar-refractivity contribution is 0.721. The first kappa shape index (κ1) is 36.1. The lowest BCUT2D eigenvalue weighted by atomic mass is 10.3. The molecule has 4 aliphatic rings. The van der Waals surface area contributed by atoms with Crippen molar-refractivity contribution < 1.29 is 0 Å². The van der Waals surface area contributed by atoms with E-state index in [1.165, 1.54) is 63.9 Å². The van der Waals surface area contributed by atoms with Crippen molar-refractivity contribution in [1.82, 2.24) is 0 Å². The van der Waals surface area contributed by atoms with Crippen LogP contribution in [0.3, 0.4) is 0 Å². The zero-order valence-electron chi connectivity index (χ0n) is 21.2. The van der Waals surface area contributed by atoms with E-state index in [2.05, 4.69) is 119 Å². The topological polar surface area (TPSA) is 0 Å². The van der Waals surface area contributed by atoms with Crippen LogP contribution in [0.25, 0.3) is 0 Å². The zero-order valence-corrected chi connectivity index (χ0v) is 28.5. The average molecular weight is 627 g/mol. The van der Waals surface area contributed by atoms with Crippen molar-refractivity contribution in [2.75, 3.05) is 44.7 Å². The number of hydrogen-bond acceptors (Lipinski definition) is 9. The molecule has 0 aromatic carbocycles. The van der Waals surface area contributed by atoms with E-state index in [1.807, 2.05) is 33.3 Å².